The van der Waals surface area contributed by atoms with Crippen LogP contribution in [0.25, 0.3) is 0 Å². The lowest BCUT2D eigenvalue weighted by Crippen LogP contribution is -2.45. The number of anilines is 1. The molecule has 3 rings (SSSR count). The van der Waals surface area contributed by atoms with E-state index in [-0.39, 0.29) is 30.4 Å². The van der Waals surface area contributed by atoms with Gasteiger partial charge in [0, 0.05) is 4.88 Å². The minimum atomic E-state index is -0.204. The van der Waals surface area contributed by atoms with Crippen molar-refractivity contribution in [2.75, 3.05) is 18.1 Å². The molecule has 1 aromatic carbocycles. The number of carbonyl (C=O) groups is 2. The summed E-state index contributed by atoms with van der Waals surface area (Å²) in [6, 6.07) is 9.74. The monoisotopic (exact) mass is 358 g/mol. The Labute approximate surface area is 151 Å². The highest BCUT2D eigenvalue weighted by Crippen LogP contribution is 2.36. The SMILES string of the molecule is CC(C)(C)c1ccc2c(c1)N(CC(=O)NCc1cccs1)C(=O)CO2. The molecule has 0 aliphatic carbocycles. The Hall–Kier alpha value is -2.34. The van der Waals surface area contributed by atoms with Gasteiger partial charge in [-0.15, -0.1) is 11.3 Å². The van der Waals surface area contributed by atoms with Gasteiger partial charge in [-0.1, -0.05) is 32.9 Å². The van der Waals surface area contributed by atoms with Crippen molar-refractivity contribution in [3.8, 4) is 5.75 Å². The molecule has 0 unspecified atom stereocenters. The number of ether oxygens (including phenoxy) is 1. The number of rotatable bonds is 4. The molecule has 0 spiro atoms. The lowest BCUT2D eigenvalue weighted by Gasteiger charge is -2.31. The van der Waals surface area contributed by atoms with Crippen LogP contribution < -0.4 is 15.0 Å². The summed E-state index contributed by atoms with van der Waals surface area (Å²) in [4.78, 5) is 27.2. The fourth-order valence-electron chi connectivity index (χ4n) is 2.64. The van der Waals surface area contributed by atoms with E-state index in [9.17, 15) is 9.59 Å². The van der Waals surface area contributed by atoms with Crippen LogP contribution in [0.15, 0.2) is 35.7 Å². The molecule has 2 amide bonds. The molecule has 0 bridgehead atoms. The number of hydrogen-bond acceptors (Lipinski definition) is 4. The molecular formula is C19H22N2O3S. The van der Waals surface area contributed by atoms with Crippen molar-refractivity contribution in [2.24, 2.45) is 0 Å². The predicted molar refractivity (Wildman–Crippen MR) is 99.2 cm³/mol. The Bertz CT molecular complexity index is 778. The summed E-state index contributed by atoms with van der Waals surface area (Å²) in [6.07, 6.45) is 0. The second-order valence-electron chi connectivity index (χ2n) is 7.06. The van der Waals surface area contributed by atoms with E-state index < -0.39 is 0 Å². The molecule has 1 N–H and O–H groups in total. The van der Waals surface area contributed by atoms with Gasteiger partial charge in [-0.05, 0) is 34.6 Å². The average Bonchev–Trinajstić information content (AvgIpc) is 3.08. The summed E-state index contributed by atoms with van der Waals surface area (Å²) in [5.74, 6) is 0.249. The summed E-state index contributed by atoms with van der Waals surface area (Å²) in [5, 5.41) is 4.83. The number of carbonyl (C=O) groups excluding carboxylic acids is 2. The van der Waals surface area contributed by atoms with Crippen molar-refractivity contribution in [1.82, 2.24) is 5.32 Å². The van der Waals surface area contributed by atoms with E-state index in [0.717, 1.165) is 10.4 Å². The third-order valence-electron chi connectivity index (χ3n) is 4.11. The third kappa shape index (κ3) is 4.02. The lowest BCUT2D eigenvalue weighted by atomic mass is 9.86. The standard InChI is InChI=1S/C19H22N2O3S/c1-19(2,3)13-6-7-16-15(9-13)21(18(23)12-24-16)11-17(22)20-10-14-5-4-8-25-14/h4-9H,10-12H2,1-3H3,(H,20,22). The van der Waals surface area contributed by atoms with Gasteiger partial charge in [-0.3, -0.25) is 14.5 Å². The average molecular weight is 358 g/mol. The second-order valence-corrected chi connectivity index (χ2v) is 8.09. The third-order valence-corrected chi connectivity index (χ3v) is 4.99. The summed E-state index contributed by atoms with van der Waals surface area (Å²) in [6.45, 7) is 6.76. The minimum Gasteiger partial charge on any atom is -0.482 e. The highest BCUT2D eigenvalue weighted by molar-refractivity contribution is 7.09. The zero-order valence-corrected chi connectivity index (χ0v) is 15.5. The number of thiophene rings is 1. The number of nitrogens with one attached hydrogen (secondary N) is 1. The highest BCUT2D eigenvalue weighted by Gasteiger charge is 2.29. The van der Waals surface area contributed by atoms with Crippen LogP contribution in [0.3, 0.4) is 0 Å². The molecule has 2 heterocycles. The molecule has 25 heavy (non-hydrogen) atoms. The molecule has 0 radical (unpaired) electrons. The van der Waals surface area contributed by atoms with E-state index in [1.165, 1.54) is 4.90 Å². The molecule has 0 saturated carbocycles. The Balaban J connectivity index is 1.77. The van der Waals surface area contributed by atoms with Crippen LogP contribution in [0.4, 0.5) is 5.69 Å². The Kier molecular flexibility index (Phi) is 4.81. The maximum Gasteiger partial charge on any atom is 0.265 e. The molecule has 2 aromatic rings. The number of benzene rings is 1. The minimum absolute atomic E-state index is 0.00579. The largest absolute Gasteiger partial charge is 0.482 e. The second kappa shape index (κ2) is 6.88. The van der Waals surface area contributed by atoms with Crippen molar-refractivity contribution < 1.29 is 14.3 Å². The van der Waals surface area contributed by atoms with Crippen LogP contribution in [-0.4, -0.2) is 25.0 Å². The zero-order valence-electron chi connectivity index (χ0n) is 14.7. The van der Waals surface area contributed by atoms with E-state index in [1.807, 2.05) is 35.7 Å². The van der Waals surface area contributed by atoms with Crippen molar-refractivity contribution in [1.29, 1.82) is 0 Å². The summed E-state index contributed by atoms with van der Waals surface area (Å²) in [5.41, 5.74) is 1.70. The van der Waals surface area contributed by atoms with Crippen molar-refractivity contribution >= 4 is 28.8 Å². The smallest absolute Gasteiger partial charge is 0.265 e. The maximum absolute atomic E-state index is 12.3. The lowest BCUT2D eigenvalue weighted by molar-refractivity contribution is -0.125. The predicted octanol–water partition coefficient (Wildman–Crippen LogP) is 3.09. The first-order valence-electron chi connectivity index (χ1n) is 8.21. The van der Waals surface area contributed by atoms with Crippen LogP contribution >= 0.6 is 11.3 Å². The van der Waals surface area contributed by atoms with Gasteiger partial charge in [-0.25, -0.2) is 0 Å². The number of nitrogens with zero attached hydrogens (tertiary/aromatic N) is 1. The fraction of sp³-hybridized carbons (Fsp3) is 0.368. The molecule has 1 aliphatic rings. The first-order chi connectivity index (χ1) is 11.8. The van der Waals surface area contributed by atoms with Crippen LogP contribution in [0, 0.1) is 0 Å². The molecule has 0 atom stereocenters. The molecule has 132 valence electrons. The van der Waals surface area contributed by atoms with Crippen LogP contribution in [0.5, 0.6) is 5.75 Å². The van der Waals surface area contributed by atoms with Gasteiger partial charge in [0.15, 0.2) is 6.61 Å². The van der Waals surface area contributed by atoms with Gasteiger partial charge in [-0.2, -0.15) is 0 Å². The van der Waals surface area contributed by atoms with Gasteiger partial charge < -0.3 is 10.1 Å². The van der Waals surface area contributed by atoms with Gasteiger partial charge in [0.05, 0.1) is 12.2 Å². The summed E-state index contributed by atoms with van der Waals surface area (Å²) < 4.78 is 5.51. The van der Waals surface area contributed by atoms with Crippen molar-refractivity contribution in [2.45, 2.75) is 32.7 Å². The Morgan fingerprint density at radius 2 is 2.12 bits per heavy atom. The zero-order chi connectivity index (χ0) is 18.0. The van der Waals surface area contributed by atoms with Gasteiger partial charge in [0.2, 0.25) is 5.91 Å². The molecule has 1 aromatic heterocycles. The number of hydrogen-bond donors (Lipinski definition) is 1. The highest BCUT2D eigenvalue weighted by atomic mass is 32.1. The molecular weight excluding hydrogens is 336 g/mol. The summed E-state index contributed by atoms with van der Waals surface area (Å²) >= 11 is 1.59. The van der Waals surface area contributed by atoms with Crippen molar-refractivity contribution in [3.63, 3.8) is 0 Å². The van der Waals surface area contributed by atoms with Crippen LogP contribution in [-0.2, 0) is 21.5 Å². The van der Waals surface area contributed by atoms with Crippen LogP contribution in [0.2, 0.25) is 0 Å². The quantitative estimate of drug-likeness (QED) is 0.914. The molecule has 0 fully saturated rings. The van der Waals surface area contributed by atoms with E-state index in [0.29, 0.717) is 18.0 Å². The van der Waals surface area contributed by atoms with E-state index >= 15 is 0 Å². The Morgan fingerprint density at radius 1 is 1.32 bits per heavy atom. The summed E-state index contributed by atoms with van der Waals surface area (Å²) in [7, 11) is 0. The Morgan fingerprint density at radius 3 is 2.80 bits per heavy atom. The first-order valence-corrected chi connectivity index (χ1v) is 9.09. The van der Waals surface area contributed by atoms with Gasteiger partial charge in [0.25, 0.3) is 5.91 Å². The van der Waals surface area contributed by atoms with Gasteiger partial charge in [0.1, 0.15) is 12.3 Å². The van der Waals surface area contributed by atoms with Gasteiger partial charge >= 0.3 is 0 Å². The normalized spacial score (nSPS) is 14.0. The molecule has 5 nitrogen and oxygen atoms in total. The van der Waals surface area contributed by atoms with Crippen molar-refractivity contribution in [3.05, 3.63) is 46.2 Å². The molecule has 1 aliphatic heterocycles. The van der Waals surface area contributed by atoms with E-state index in [1.54, 1.807) is 11.3 Å². The number of fused-ring (bicyclic) bond motifs is 1. The first kappa shape index (κ1) is 17.5. The topological polar surface area (TPSA) is 58.6 Å². The molecule has 0 saturated heterocycles. The maximum atomic E-state index is 12.3. The fourth-order valence-corrected chi connectivity index (χ4v) is 3.28. The van der Waals surface area contributed by atoms with E-state index in [4.69, 9.17) is 4.74 Å². The number of amides is 2. The van der Waals surface area contributed by atoms with Crippen LogP contribution in [0.1, 0.15) is 31.2 Å². The van der Waals surface area contributed by atoms with E-state index in [2.05, 4.69) is 26.1 Å². The molecule has 6 heteroatoms.